The van der Waals surface area contributed by atoms with Crippen LogP contribution in [0, 0.1) is 11.3 Å². The molecule has 244 valence electrons. The maximum absolute atomic E-state index is 11.1. The molecular formula is C40H52N4O2. The first kappa shape index (κ1) is 36.0. The number of unbranched alkanes of at least 4 members (excludes halogenated alkanes) is 2. The van der Waals surface area contributed by atoms with Gasteiger partial charge in [-0.1, -0.05) is 64.8 Å². The monoisotopic (exact) mass is 620 g/mol. The summed E-state index contributed by atoms with van der Waals surface area (Å²) in [7, 11) is 0. The van der Waals surface area contributed by atoms with Gasteiger partial charge in [0, 0.05) is 53.6 Å². The van der Waals surface area contributed by atoms with Crippen molar-refractivity contribution in [3.05, 3.63) is 96.1 Å². The van der Waals surface area contributed by atoms with Gasteiger partial charge in [0.25, 0.3) is 0 Å². The number of benzene rings is 3. The van der Waals surface area contributed by atoms with Crippen molar-refractivity contribution in [1.82, 2.24) is 0 Å². The average Bonchev–Trinajstić information content (AvgIpc) is 3.08. The average molecular weight is 621 g/mol. The van der Waals surface area contributed by atoms with Gasteiger partial charge < -0.3 is 19.8 Å². The molecule has 3 aromatic rings. The van der Waals surface area contributed by atoms with E-state index >= 15 is 0 Å². The number of rotatable bonds is 18. The molecule has 0 saturated carbocycles. The van der Waals surface area contributed by atoms with Crippen LogP contribution in [-0.4, -0.2) is 36.2 Å². The molecule has 0 aliphatic carbocycles. The number of hydrogen-bond donors (Lipinski definition) is 1. The molecule has 2 atom stereocenters. The van der Waals surface area contributed by atoms with Gasteiger partial charge in [0.2, 0.25) is 0 Å². The molecule has 0 heterocycles. The Morgan fingerprint density at radius 1 is 0.717 bits per heavy atom. The maximum atomic E-state index is 11.1. The van der Waals surface area contributed by atoms with Crippen molar-refractivity contribution >= 4 is 40.5 Å². The lowest BCUT2D eigenvalue weighted by Crippen LogP contribution is -2.33. The predicted molar refractivity (Wildman–Crippen MR) is 196 cm³/mol. The summed E-state index contributed by atoms with van der Waals surface area (Å²) >= 11 is 0. The molecule has 0 radical (unpaired) electrons. The summed E-state index contributed by atoms with van der Waals surface area (Å²) in [6.45, 7) is 15.7. The lowest BCUT2D eigenvalue weighted by molar-refractivity contribution is -0.132. The third-order valence-electron chi connectivity index (χ3n) is 8.68. The summed E-state index contributed by atoms with van der Waals surface area (Å²) in [4.78, 5) is 18.4. The highest BCUT2D eigenvalue weighted by molar-refractivity contribution is 5.91. The highest BCUT2D eigenvalue weighted by Crippen LogP contribution is 2.37. The molecule has 2 unspecified atom stereocenters. The third kappa shape index (κ3) is 9.75. The fourth-order valence-electron chi connectivity index (χ4n) is 5.49. The van der Waals surface area contributed by atoms with E-state index in [0.717, 1.165) is 48.6 Å². The molecule has 0 aliphatic rings. The fraction of sp³-hybridized carbons (Fsp3) is 0.400. The van der Waals surface area contributed by atoms with Crippen LogP contribution in [0.3, 0.4) is 0 Å². The molecule has 1 N–H and O–H groups in total. The van der Waals surface area contributed by atoms with Crippen LogP contribution in [-0.2, 0) is 4.79 Å². The van der Waals surface area contributed by atoms with Gasteiger partial charge in [-0.3, -0.25) is 0 Å². The quantitative estimate of drug-likeness (QED) is 0.0867. The van der Waals surface area contributed by atoms with E-state index < -0.39 is 5.97 Å². The van der Waals surface area contributed by atoms with Crippen molar-refractivity contribution in [2.45, 2.75) is 92.2 Å². The molecule has 6 nitrogen and oxygen atoms in total. The topological polar surface area (TPSA) is 70.8 Å². The van der Waals surface area contributed by atoms with Gasteiger partial charge >= 0.3 is 5.97 Å². The van der Waals surface area contributed by atoms with E-state index in [2.05, 4.69) is 117 Å². The van der Waals surface area contributed by atoms with E-state index in [4.69, 9.17) is 10.4 Å². The van der Waals surface area contributed by atoms with Crippen LogP contribution < -0.4 is 14.7 Å². The summed E-state index contributed by atoms with van der Waals surface area (Å²) < 4.78 is 0. The first-order valence-corrected chi connectivity index (χ1v) is 16.9. The SMILES string of the molecule is CCCCN(c1ccc(N(c2ccc(/C=C/C=C(\C#N)C(=O)O)cc2)c2ccc(N(CCCC)C(C)CC)cc2)cc1)C(C)CC. The molecule has 0 saturated heterocycles. The molecule has 3 rings (SSSR count). The van der Waals surface area contributed by atoms with Crippen molar-refractivity contribution in [1.29, 1.82) is 5.26 Å². The molecule has 46 heavy (non-hydrogen) atoms. The summed E-state index contributed by atoms with van der Waals surface area (Å²) in [5.74, 6) is -1.23. The van der Waals surface area contributed by atoms with E-state index in [-0.39, 0.29) is 5.57 Å². The smallest absolute Gasteiger partial charge is 0.346 e. The van der Waals surface area contributed by atoms with Crippen LogP contribution in [0.1, 0.15) is 85.6 Å². The number of nitrogens with zero attached hydrogens (tertiary/aromatic N) is 4. The second-order valence-electron chi connectivity index (χ2n) is 11.9. The zero-order valence-electron chi connectivity index (χ0n) is 28.6. The first-order valence-electron chi connectivity index (χ1n) is 16.9. The largest absolute Gasteiger partial charge is 0.477 e. The maximum Gasteiger partial charge on any atom is 0.346 e. The zero-order chi connectivity index (χ0) is 33.5. The van der Waals surface area contributed by atoms with Gasteiger partial charge in [-0.15, -0.1) is 0 Å². The Morgan fingerprint density at radius 2 is 1.11 bits per heavy atom. The van der Waals surface area contributed by atoms with E-state index in [1.54, 1.807) is 18.2 Å². The van der Waals surface area contributed by atoms with Crippen LogP contribution in [0.25, 0.3) is 6.08 Å². The molecule has 0 bridgehead atoms. The number of carboxylic acid groups (broad SMARTS) is 1. The number of nitriles is 1. The normalized spacial score (nSPS) is 12.8. The molecule has 0 amide bonds. The fourth-order valence-corrected chi connectivity index (χ4v) is 5.49. The molecule has 0 spiro atoms. The molecule has 0 aromatic heterocycles. The van der Waals surface area contributed by atoms with Crippen LogP contribution >= 0.6 is 0 Å². The molecule has 3 aromatic carbocycles. The Morgan fingerprint density at radius 3 is 1.46 bits per heavy atom. The van der Waals surface area contributed by atoms with Crippen molar-refractivity contribution in [3.63, 3.8) is 0 Å². The van der Waals surface area contributed by atoms with Crippen molar-refractivity contribution in [2.24, 2.45) is 0 Å². The number of hydrogen-bond acceptors (Lipinski definition) is 5. The number of carbonyl (C=O) groups is 1. The minimum Gasteiger partial charge on any atom is -0.477 e. The zero-order valence-corrected chi connectivity index (χ0v) is 28.6. The Balaban J connectivity index is 2.02. The van der Waals surface area contributed by atoms with Crippen LogP contribution in [0.2, 0.25) is 0 Å². The second-order valence-corrected chi connectivity index (χ2v) is 11.9. The summed E-state index contributed by atoms with van der Waals surface area (Å²) in [6, 6.07) is 28.6. The second kappa shape index (κ2) is 18.5. The number of aliphatic carboxylic acids is 1. The van der Waals surface area contributed by atoms with E-state index in [1.807, 2.05) is 12.1 Å². The molecule has 0 fully saturated rings. The van der Waals surface area contributed by atoms with Crippen LogP contribution in [0.5, 0.6) is 0 Å². The van der Waals surface area contributed by atoms with E-state index in [9.17, 15) is 4.79 Å². The highest BCUT2D eigenvalue weighted by atomic mass is 16.4. The Kier molecular flexibility index (Phi) is 14.4. The lowest BCUT2D eigenvalue weighted by Gasteiger charge is -2.33. The number of anilines is 5. The van der Waals surface area contributed by atoms with Gasteiger partial charge in [0.05, 0.1) is 0 Å². The Bertz CT molecular complexity index is 1390. The van der Waals surface area contributed by atoms with Gasteiger partial charge in [-0.2, -0.15) is 5.26 Å². The highest BCUT2D eigenvalue weighted by Gasteiger charge is 2.18. The van der Waals surface area contributed by atoms with Crippen molar-refractivity contribution in [3.8, 4) is 6.07 Å². The minimum absolute atomic E-state index is 0.297. The van der Waals surface area contributed by atoms with Gasteiger partial charge in [0.15, 0.2) is 0 Å². The standard InChI is InChI=1S/C40H52N4O2/c1-7-11-28-42(31(5)9-3)35-20-24-38(25-21-35)44(37-18-16-33(17-19-37)14-13-15-34(30-41)40(45)46)39-26-22-36(23-27-39)43(29-12-8-2)32(6)10-4/h13-27,31-32H,7-12,28-29H2,1-6H3,(H,45,46)/b14-13+,34-15+. The number of carboxylic acids is 1. The van der Waals surface area contributed by atoms with Gasteiger partial charge in [0.1, 0.15) is 11.6 Å². The van der Waals surface area contributed by atoms with Crippen molar-refractivity contribution < 1.29 is 9.90 Å². The molecular weight excluding hydrogens is 568 g/mol. The van der Waals surface area contributed by atoms with Gasteiger partial charge in [-0.05, 0) is 112 Å². The lowest BCUT2D eigenvalue weighted by atomic mass is 10.1. The number of allylic oxidation sites excluding steroid dienone is 2. The van der Waals surface area contributed by atoms with Crippen molar-refractivity contribution in [2.75, 3.05) is 27.8 Å². The van der Waals surface area contributed by atoms with Gasteiger partial charge in [-0.25, -0.2) is 4.79 Å². The molecule has 6 heteroatoms. The minimum atomic E-state index is -1.23. The summed E-state index contributed by atoms with van der Waals surface area (Å²) in [5, 5.41) is 18.1. The first-order chi connectivity index (χ1) is 22.3. The predicted octanol–water partition coefficient (Wildman–Crippen LogP) is 10.5. The van der Waals surface area contributed by atoms with Crippen LogP contribution in [0.4, 0.5) is 28.4 Å². The summed E-state index contributed by atoms with van der Waals surface area (Å²) in [5.41, 5.74) is 6.27. The third-order valence-corrected chi connectivity index (χ3v) is 8.68. The van der Waals surface area contributed by atoms with E-state index in [0.29, 0.717) is 12.1 Å². The Hall–Kier alpha value is -4.50. The van der Waals surface area contributed by atoms with Crippen LogP contribution in [0.15, 0.2) is 90.5 Å². The Labute approximate surface area is 277 Å². The molecule has 0 aliphatic heterocycles. The summed E-state index contributed by atoms with van der Waals surface area (Å²) in [6.07, 6.45) is 11.6. The van der Waals surface area contributed by atoms with E-state index in [1.165, 1.54) is 43.1 Å².